The summed E-state index contributed by atoms with van der Waals surface area (Å²) < 4.78 is 9.92. The van der Waals surface area contributed by atoms with E-state index in [0.29, 0.717) is 12.0 Å². The highest BCUT2D eigenvalue weighted by molar-refractivity contribution is 6.22. The van der Waals surface area contributed by atoms with E-state index in [9.17, 15) is 19.2 Å². The highest BCUT2D eigenvalue weighted by Gasteiger charge is 2.41. The molecular weight excluding hydrogens is 338 g/mol. The highest BCUT2D eigenvalue weighted by atomic mass is 16.6. The van der Waals surface area contributed by atoms with Crippen LogP contribution < -0.4 is 0 Å². The second kappa shape index (κ2) is 6.55. The third kappa shape index (κ3) is 2.77. The molecule has 4 rings (SSSR count). The zero-order valence-electron chi connectivity index (χ0n) is 14.2. The number of fused-ring (bicyclic) bond motifs is 1. The summed E-state index contributed by atoms with van der Waals surface area (Å²) in [6, 6.07) is 4.26. The van der Waals surface area contributed by atoms with Gasteiger partial charge in [-0.3, -0.25) is 14.5 Å². The van der Waals surface area contributed by atoms with E-state index < -0.39 is 18.0 Å². The van der Waals surface area contributed by atoms with Crippen molar-refractivity contribution in [2.45, 2.75) is 50.7 Å². The number of imide groups is 1. The normalized spacial score (nSPS) is 23.2. The predicted octanol–water partition coefficient (Wildman–Crippen LogP) is 2.09. The number of nitrogens with zero attached hydrogens (tertiary/aromatic N) is 1. The van der Waals surface area contributed by atoms with Crippen molar-refractivity contribution in [3.05, 3.63) is 34.9 Å². The van der Waals surface area contributed by atoms with Gasteiger partial charge in [0.25, 0.3) is 11.8 Å². The Hall–Kier alpha value is -2.70. The molecule has 0 N–H and O–H groups in total. The molecule has 0 radical (unpaired) electrons. The van der Waals surface area contributed by atoms with Crippen LogP contribution in [0.1, 0.15) is 69.6 Å². The summed E-state index contributed by atoms with van der Waals surface area (Å²) >= 11 is 0. The first-order valence-electron chi connectivity index (χ1n) is 8.96. The second-order valence-corrected chi connectivity index (χ2v) is 6.88. The topological polar surface area (TPSA) is 90.0 Å². The van der Waals surface area contributed by atoms with Gasteiger partial charge in [0.15, 0.2) is 0 Å². The van der Waals surface area contributed by atoms with Crippen LogP contribution in [0.15, 0.2) is 18.2 Å². The third-order valence-electron chi connectivity index (χ3n) is 5.23. The number of amides is 2. The minimum Gasteiger partial charge on any atom is -0.463 e. The number of hydrogen-bond acceptors (Lipinski definition) is 6. The van der Waals surface area contributed by atoms with Crippen molar-refractivity contribution >= 4 is 23.8 Å². The van der Waals surface area contributed by atoms with E-state index in [0.717, 1.165) is 32.1 Å². The van der Waals surface area contributed by atoms with Gasteiger partial charge in [0, 0.05) is 12.5 Å². The Morgan fingerprint density at radius 1 is 1.00 bits per heavy atom. The van der Waals surface area contributed by atoms with Crippen molar-refractivity contribution in [3.63, 3.8) is 0 Å². The predicted molar refractivity (Wildman–Crippen MR) is 88.6 cm³/mol. The molecule has 136 valence electrons. The molecule has 0 bridgehead atoms. The molecular formula is C19H19NO6. The molecule has 0 unspecified atom stereocenters. The lowest BCUT2D eigenvalue weighted by Gasteiger charge is -2.29. The fraction of sp³-hybridized carbons (Fsp3) is 0.474. The zero-order chi connectivity index (χ0) is 18.3. The number of hydrogen-bond donors (Lipinski definition) is 0. The zero-order valence-corrected chi connectivity index (χ0v) is 14.2. The molecule has 0 spiro atoms. The second-order valence-electron chi connectivity index (χ2n) is 6.88. The van der Waals surface area contributed by atoms with Crippen molar-refractivity contribution < 1.29 is 28.7 Å². The lowest BCUT2D eigenvalue weighted by molar-refractivity contribution is -0.145. The fourth-order valence-electron chi connectivity index (χ4n) is 3.84. The summed E-state index contributed by atoms with van der Waals surface area (Å²) in [7, 11) is 0. The molecule has 7 nitrogen and oxygen atoms in total. The van der Waals surface area contributed by atoms with E-state index >= 15 is 0 Å². The van der Waals surface area contributed by atoms with Gasteiger partial charge in [-0.1, -0.05) is 19.3 Å². The van der Waals surface area contributed by atoms with Gasteiger partial charge in [-0.15, -0.1) is 0 Å². The minimum absolute atomic E-state index is 0.0696. The van der Waals surface area contributed by atoms with Gasteiger partial charge in [0.05, 0.1) is 23.3 Å². The average molecular weight is 357 g/mol. The van der Waals surface area contributed by atoms with Crippen LogP contribution in [0.4, 0.5) is 0 Å². The van der Waals surface area contributed by atoms with Crippen molar-refractivity contribution in [1.82, 2.24) is 4.90 Å². The molecule has 2 aliphatic heterocycles. The largest absolute Gasteiger partial charge is 0.463 e. The monoisotopic (exact) mass is 357 g/mol. The molecule has 2 fully saturated rings. The summed E-state index contributed by atoms with van der Waals surface area (Å²) in [4.78, 5) is 50.4. The van der Waals surface area contributed by atoms with E-state index in [2.05, 4.69) is 0 Å². The Bertz CT molecular complexity index is 795. The smallest absolute Gasteiger partial charge is 0.347 e. The molecule has 2 amide bonds. The first-order valence-corrected chi connectivity index (χ1v) is 8.96. The molecule has 0 aromatic heterocycles. The Morgan fingerprint density at radius 2 is 1.73 bits per heavy atom. The summed E-state index contributed by atoms with van der Waals surface area (Å²) in [5, 5.41) is 0. The van der Waals surface area contributed by atoms with Gasteiger partial charge in [0.2, 0.25) is 6.10 Å². The van der Waals surface area contributed by atoms with Gasteiger partial charge < -0.3 is 9.47 Å². The minimum atomic E-state index is -0.910. The fourth-order valence-corrected chi connectivity index (χ4v) is 3.84. The summed E-state index contributed by atoms with van der Waals surface area (Å²) in [5.41, 5.74) is 0.691. The van der Waals surface area contributed by atoms with Crippen molar-refractivity contribution in [2.75, 3.05) is 6.61 Å². The van der Waals surface area contributed by atoms with Crippen LogP contribution in [-0.4, -0.2) is 47.4 Å². The molecule has 7 heteroatoms. The number of esters is 2. The van der Waals surface area contributed by atoms with E-state index in [1.165, 1.54) is 23.1 Å². The lowest BCUT2D eigenvalue weighted by atomic mass is 9.94. The molecule has 1 saturated carbocycles. The van der Waals surface area contributed by atoms with Gasteiger partial charge >= 0.3 is 11.9 Å². The van der Waals surface area contributed by atoms with Gasteiger partial charge in [-0.05, 0) is 31.0 Å². The first-order chi connectivity index (χ1) is 12.6. The van der Waals surface area contributed by atoms with Crippen molar-refractivity contribution in [1.29, 1.82) is 0 Å². The SMILES string of the molecule is O=C(O[C@@H]1CCOC1=O)c1ccc2c(c1)C(=O)N(C1CCCCC1)C2=O. The molecule has 1 aromatic rings. The van der Waals surface area contributed by atoms with E-state index in [4.69, 9.17) is 9.47 Å². The number of carbonyl (C=O) groups is 4. The standard InChI is InChI=1S/C19H19NO6/c21-16-13-7-6-11(18(23)26-15-8-9-25-19(15)24)10-14(13)17(22)20(16)12-4-2-1-3-5-12/h6-7,10,12,15H,1-5,8-9H2/t15-/m1/s1. The maximum Gasteiger partial charge on any atom is 0.347 e. The van der Waals surface area contributed by atoms with Crippen LogP contribution in [0.5, 0.6) is 0 Å². The molecule has 1 saturated heterocycles. The molecule has 1 atom stereocenters. The molecule has 3 aliphatic rings. The number of ether oxygens (including phenoxy) is 2. The number of carbonyl (C=O) groups excluding carboxylic acids is 4. The molecule has 1 aliphatic carbocycles. The van der Waals surface area contributed by atoms with Crippen molar-refractivity contribution in [3.8, 4) is 0 Å². The van der Waals surface area contributed by atoms with Crippen LogP contribution >= 0.6 is 0 Å². The average Bonchev–Trinajstić information content (AvgIpc) is 3.17. The van der Waals surface area contributed by atoms with Gasteiger partial charge in [-0.25, -0.2) is 9.59 Å². The van der Waals surface area contributed by atoms with Gasteiger partial charge in [-0.2, -0.15) is 0 Å². The Balaban J connectivity index is 1.55. The maximum atomic E-state index is 12.8. The maximum absolute atomic E-state index is 12.8. The number of cyclic esters (lactones) is 1. The summed E-state index contributed by atoms with van der Waals surface area (Å²) in [6.07, 6.45) is 4.20. The van der Waals surface area contributed by atoms with Crippen molar-refractivity contribution in [2.24, 2.45) is 0 Å². The third-order valence-corrected chi connectivity index (χ3v) is 5.23. The van der Waals surface area contributed by atoms with E-state index in [1.54, 1.807) is 0 Å². The van der Waals surface area contributed by atoms with Gasteiger partial charge in [0.1, 0.15) is 0 Å². The van der Waals surface area contributed by atoms with Crippen LogP contribution in [0.2, 0.25) is 0 Å². The van der Waals surface area contributed by atoms with Crippen LogP contribution in [0.25, 0.3) is 0 Å². The Labute approximate surface area is 150 Å². The number of rotatable bonds is 3. The van der Waals surface area contributed by atoms with E-state index in [-0.39, 0.29) is 35.6 Å². The van der Waals surface area contributed by atoms with Crippen LogP contribution in [0, 0.1) is 0 Å². The highest BCUT2D eigenvalue weighted by Crippen LogP contribution is 2.31. The van der Waals surface area contributed by atoms with Crippen LogP contribution in [-0.2, 0) is 14.3 Å². The lowest BCUT2D eigenvalue weighted by Crippen LogP contribution is -2.40. The molecule has 2 heterocycles. The molecule has 1 aromatic carbocycles. The van der Waals surface area contributed by atoms with E-state index in [1.807, 2.05) is 0 Å². The summed E-state index contributed by atoms with van der Waals surface area (Å²) in [6.45, 7) is 0.226. The number of benzene rings is 1. The summed E-state index contributed by atoms with van der Waals surface area (Å²) in [5.74, 6) is -1.91. The first kappa shape index (κ1) is 16.8. The molecule has 26 heavy (non-hydrogen) atoms. The van der Waals surface area contributed by atoms with Crippen LogP contribution in [0.3, 0.4) is 0 Å². The Kier molecular flexibility index (Phi) is 4.22. The quantitative estimate of drug-likeness (QED) is 0.608. The Morgan fingerprint density at radius 3 is 2.42 bits per heavy atom.